The SMILES string of the molecule is COC(=O)C(=O)Cn1ccc(C(=O)C#Cc2ccccc2)c(-c2cc(NCc3ccc(Cl)s3)n(C(=O)C(C)(C)C)n2)c1=O. The average Bonchev–Trinajstić information content (AvgIpc) is 3.60. The van der Waals surface area contributed by atoms with E-state index in [4.69, 9.17) is 11.6 Å². The van der Waals surface area contributed by atoms with Crippen molar-refractivity contribution in [2.75, 3.05) is 12.4 Å². The molecule has 0 radical (unpaired) electrons. The third-order valence-electron chi connectivity index (χ3n) is 6.10. The van der Waals surface area contributed by atoms with Gasteiger partial charge in [-0.1, -0.05) is 56.5 Å². The molecule has 0 aliphatic rings. The van der Waals surface area contributed by atoms with Gasteiger partial charge in [-0.25, -0.2) is 4.79 Å². The Morgan fingerprint density at radius 3 is 2.42 bits per heavy atom. The van der Waals surface area contributed by atoms with Gasteiger partial charge in [0.15, 0.2) is 0 Å². The zero-order chi connectivity index (χ0) is 31.3. The van der Waals surface area contributed by atoms with Crippen molar-refractivity contribution >= 4 is 52.2 Å². The smallest absolute Gasteiger partial charge is 0.376 e. The Bertz CT molecular complexity index is 1840. The van der Waals surface area contributed by atoms with Gasteiger partial charge in [0.25, 0.3) is 17.2 Å². The largest absolute Gasteiger partial charge is 0.463 e. The number of anilines is 1. The second kappa shape index (κ2) is 13.0. The van der Waals surface area contributed by atoms with E-state index in [1.54, 1.807) is 51.1 Å². The highest BCUT2D eigenvalue weighted by Crippen LogP contribution is 2.28. The molecule has 3 heterocycles. The molecule has 43 heavy (non-hydrogen) atoms. The number of nitrogens with one attached hydrogen (secondary N) is 1. The molecule has 0 saturated carbocycles. The van der Waals surface area contributed by atoms with Crippen LogP contribution in [0.2, 0.25) is 4.34 Å². The predicted molar refractivity (Wildman–Crippen MR) is 163 cm³/mol. The number of ether oxygens (including phenoxy) is 1. The highest BCUT2D eigenvalue weighted by molar-refractivity contribution is 7.16. The van der Waals surface area contributed by atoms with Gasteiger partial charge in [0.1, 0.15) is 11.5 Å². The number of carbonyl (C=O) groups is 4. The Morgan fingerprint density at radius 2 is 1.79 bits per heavy atom. The van der Waals surface area contributed by atoms with Gasteiger partial charge < -0.3 is 14.6 Å². The van der Waals surface area contributed by atoms with Crippen LogP contribution in [0.15, 0.2) is 65.6 Å². The maximum absolute atomic E-state index is 13.8. The van der Waals surface area contributed by atoms with Gasteiger partial charge in [-0.2, -0.15) is 9.78 Å². The molecule has 0 bridgehead atoms. The van der Waals surface area contributed by atoms with Crippen LogP contribution in [0.3, 0.4) is 0 Å². The number of halogens is 1. The van der Waals surface area contributed by atoms with Crippen LogP contribution in [0, 0.1) is 17.3 Å². The molecule has 0 unspecified atom stereocenters. The molecule has 0 aliphatic carbocycles. The molecule has 4 rings (SSSR count). The van der Waals surface area contributed by atoms with Crippen molar-refractivity contribution < 1.29 is 23.9 Å². The van der Waals surface area contributed by atoms with Crippen LogP contribution in [0.5, 0.6) is 0 Å². The molecule has 0 saturated heterocycles. The number of esters is 1. The lowest BCUT2D eigenvalue weighted by Gasteiger charge is -2.18. The number of thiophene rings is 1. The molecule has 1 aromatic carbocycles. The first kappa shape index (κ1) is 31.2. The number of aromatic nitrogens is 3. The van der Waals surface area contributed by atoms with Crippen LogP contribution < -0.4 is 10.9 Å². The fourth-order valence-electron chi connectivity index (χ4n) is 3.91. The summed E-state index contributed by atoms with van der Waals surface area (Å²) in [4.78, 5) is 65.5. The molecule has 10 nitrogen and oxygen atoms in total. The van der Waals surface area contributed by atoms with Crippen molar-refractivity contribution in [2.24, 2.45) is 5.41 Å². The fourth-order valence-corrected chi connectivity index (χ4v) is 4.94. The van der Waals surface area contributed by atoms with Crippen LogP contribution in [0.1, 0.15) is 46.4 Å². The van der Waals surface area contributed by atoms with Crippen LogP contribution in [-0.2, 0) is 27.4 Å². The second-order valence-corrected chi connectivity index (χ2v) is 12.1. The Balaban J connectivity index is 1.86. The minimum absolute atomic E-state index is 0.000889. The number of hydrogen-bond acceptors (Lipinski definition) is 9. The number of hydrogen-bond donors (Lipinski definition) is 1. The summed E-state index contributed by atoms with van der Waals surface area (Å²) in [5.41, 5.74) is -1.31. The van der Waals surface area contributed by atoms with Gasteiger partial charge in [-0.15, -0.1) is 11.3 Å². The van der Waals surface area contributed by atoms with Crippen LogP contribution in [0.25, 0.3) is 11.3 Å². The zero-order valence-electron chi connectivity index (χ0n) is 23.8. The lowest BCUT2D eigenvalue weighted by molar-refractivity contribution is -0.151. The molecule has 0 fully saturated rings. The normalized spacial score (nSPS) is 10.9. The maximum Gasteiger partial charge on any atom is 0.376 e. The number of benzene rings is 1. The first-order valence-corrected chi connectivity index (χ1v) is 14.2. The van der Waals surface area contributed by atoms with Gasteiger partial charge in [0.05, 0.1) is 30.1 Å². The molecule has 3 aromatic heterocycles. The Labute approximate surface area is 256 Å². The number of nitrogens with zero attached hydrogens (tertiary/aromatic N) is 3. The highest BCUT2D eigenvalue weighted by atomic mass is 35.5. The van der Waals surface area contributed by atoms with Crippen molar-refractivity contribution in [3.05, 3.63) is 91.5 Å². The molecule has 0 spiro atoms. The minimum Gasteiger partial charge on any atom is -0.463 e. The molecular formula is C31H27ClN4O6S. The lowest BCUT2D eigenvalue weighted by atomic mass is 9.96. The van der Waals surface area contributed by atoms with Crippen molar-refractivity contribution in [2.45, 2.75) is 33.9 Å². The quantitative estimate of drug-likeness (QED) is 0.130. The van der Waals surface area contributed by atoms with E-state index in [2.05, 4.69) is 27.0 Å². The molecule has 1 N–H and O–H groups in total. The highest BCUT2D eigenvalue weighted by Gasteiger charge is 2.29. The van der Waals surface area contributed by atoms with Gasteiger partial charge in [0, 0.05) is 33.7 Å². The molecule has 0 atom stereocenters. The van der Waals surface area contributed by atoms with Crippen molar-refractivity contribution in [1.82, 2.24) is 14.3 Å². The van der Waals surface area contributed by atoms with Crippen molar-refractivity contribution in [3.63, 3.8) is 0 Å². The van der Waals surface area contributed by atoms with Crippen molar-refractivity contribution in [3.8, 4) is 23.1 Å². The van der Waals surface area contributed by atoms with E-state index in [0.717, 1.165) is 21.2 Å². The van der Waals surface area contributed by atoms with E-state index in [1.165, 1.54) is 29.7 Å². The maximum atomic E-state index is 13.8. The summed E-state index contributed by atoms with van der Waals surface area (Å²) in [7, 11) is 1.05. The van der Waals surface area contributed by atoms with Gasteiger partial charge in [0.2, 0.25) is 5.78 Å². The van der Waals surface area contributed by atoms with E-state index < -0.39 is 35.1 Å². The summed E-state index contributed by atoms with van der Waals surface area (Å²) in [6.07, 6.45) is 1.22. The summed E-state index contributed by atoms with van der Waals surface area (Å²) in [6, 6.07) is 15.2. The Morgan fingerprint density at radius 1 is 1.07 bits per heavy atom. The predicted octanol–water partition coefficient (Wildman–Crippen LogP) is 4.70. The van der Waals surface area contributed by atoms with Crippen LogP contribution in [0.4, 0.5) is 5.82 Å². The topological polar surface area (TPSA) is 129 Å². The Kier molecular flexibility index (Phi) is 9.43. The molecule has 4 aromatic rings. The molecular weight excluding hydrogens is 592 g/mol. The summed E-state index contributed by atoms with van der Waals surface area (Å²) < 4.78 is 7.19. The summed E-state index contributed by atoms with van der Waals surface area (Å²) in [5.74, 6) is 2.46. The van der Waals surface area contributed by atoms with E-state index in [1.807, 2.05) is 12.1 Å². The van der Waals surface area contributed by atoms with E-state index >= 15 is 0 Å². The Hall–Kier alpha value is -4.79. The van der Waals surface area contributed by atoms with Gasteiger partial charge >= 0.3 is 5.97 Å². The summed E-state index contributed by atoms with van der Waals surface area (Å²) in [6.45, 7) is 4.85. The second-order valence-electron chi connectivity index (χ2n) is 10.3. The van der Waals surface area contributed by atoms with Crippen LogP contribution in [-0.4, -0.2) is 44.9 Å². The lowest BCUT2D eigenvalue weighted by Crippen LogP contribution is -2.31. The molecule has 0 amide bonds. The van der Waals surface area contributed by atoms with Gasteiger partial charge in [-0.05, 0) is 36.3 Å². The number of Topliss-reactive ketones (excluding diaryl/α,β-unsaturated/α-hetero) is 2. The summed E-state index contributed by atoms with van der Waals surface area (Å²) >= 11 is 7.42. The van der Waals surface area contributed by atoms with Crippen molar-refractivity contribution in [1.29, 1.82) is 0 Å². The average molecular weight is 619 g/mol. The zero-order valence-corrected chi connectivity index (χ0v) is 25.3. The number of pyridine rings is 1. The third kappa shape index (κ3) is 7.35. The number of methoxy groups -OCH3 is 1. The number of ketones is 2. The van der Waals surface area contributed by atoms with Crippen LogP contribution >= 0.6 is 22.9 Å². The van der Waals surface area contributed by atoms with E-state index in [9.17, 15) is 24.0 Å². The third-order valence-corrected chi connectivity index (χ3v) is 7.33. The first-order valence-electron chi connectivity index (χ1n) is 13.0. The molecule has 12 heteroatoms. The standard InChI is InChI=1S/C31H27ClN4O6S/c1-31(2,3)30(41)36-26(33-17-20-11-13-25(32)43-20)16-22(34-36)27-21(23(37)12-10-19-8-6-5-7-9-19)14-15-35(28(27)39)18-24(38)29(40)42-4/h5-9,11,13-16,33H,17-18H2,1-4H3. The van der Waals surface area contributed by atoms with E-state index in [-0.39, 0.29) is 28.5 Å². The van der Waals surface area contributed by atoms with E-state index in [0.29, 0.717) is 16.4 Å². The number of carbonyl (C=O) groups excluding carboxylic acids is 4. The molecule has 220 valence electrons. The van der Waals surface area contributed by atoms with Gasteiger partial charge in [-0.3, -0.25) is 19.2 Å². The monoisotopic (exact) mass is 618 g/mol. The minimum atomic E-state index is -1.12. The fraction of sp³-hybridized carbons (Fsp3) is 0.226. The summed E-state index contributed by atoms with van der Waals surface area (Å²) in [5, 5.41) is 7.61. The molecule has 0 aliphatic heterocycles. The first-order chi connectivity index (χ1) is 20.4. The number of rotatable bonds is 8.